The van der Waals surface area contributed by atoms with Gasteiger partial charge in [0.05, 0.1) is 24.4 Å². The van der Waals surface area contributed by atoms with E-state index in [1.165, 1.54) is 0 Å². The normalized spacial score (nSPS) is 24.9. The lowest BCUT2D eigenvalue weighted by molar-refractivity contribution is 0.00578. The van der Waals surface area contributed by atoms with Crippen LogP contribution in [0.2, 0.25) is 27.3 Å². The van der Waals surface area contributed by atoms with Crippen molar-refractivity contribution in [3.63, 3.8) is 0 Å². The average molecular weight is 472 g/mol. The zero-order chi connectivity index (χ0) is 24.4. The Morgan fingerprint density at radius 1 is 0.485 bits per heavy atom. The smallest absolute Gasteiger partial charge is 0.411 e. The molecule has 33 heavy (non-hydrogen) atoms. The molecule has 192 valence electrons. The predicted molar refractivity (Wildman–Crippen MR) is 138 cm³/mol. The van der Waals surface area contributed by atoms with Crippen molar-refractivity contribution in [3.05, 3.63) is 0 Å². The molecule has 4 fully saturated rings. The van der Waals surface area contributed by atoms with E-state index in [2.05, 4.69) is 41.5 Å². The summed E-state index contributed by atoms with van der Waals surface area (Å²) < 4.78 is 41.6. The molecule has 0 amide bonds. The van der Waals surface area contributed by atoms with Crippen molar-refractivity contribution in [1.29, 1.82) is 0 Å². The van der Waals surface area contributed by atoms with Crippen LogP contribution in [0.15, 0.2) is 0 Å². The van der Waals surface area contributed by atoms with Crippen LogP contribution in [0.25, 0.3) is 0 Å². The van der Waals surface area contributed by atoms with Crippen molar-refractivity contribution in [3.8, 4) is 0 Å². The molecule has 0 bridgehead atoms. The van der Waals surface area contributed by atoms with Crippen molar-refractivity contribution in [1.82, 2.24) is 0 Å². The van der Waals surface area contributed by atoms with Crippen LogP contribution in [-0.2, 0) is 37.2 Å². The van der Waals surface area contributed by atoms with Crippen LogP contribution in [0, 0.1) is 5.41 Å². The second kappa shape index (κ2) is 15.1. The fourth-order valence-electron chi connectivity index (χ4n) is 3.00. The number of hydrogen-bond acceptors (Lipinski definition) is 8. The van der Waals surface area contributed by atoms with E-state index in [1.807, 2.05) is 27.3 Å². The molecule has 12 heteroatoms. The summed E-state index contributed by atoms with van der Waals surface area (Å²) in [6.45, 7) is 25.0. The second-order valence-corrected chi connectivity index (χ2v) is 10.1. The molecule has 4 saturated heterocycles. The van der Waals surface area contributed by atoms with Gasteiger partial charge < -0.3 is 37.2 Å². The van der Waals surface area contributed by atoms with Gasteiger partial charge in [0.1, 0.15) is 0 Å². The zero-order valence-corrected chi connectivity index (χ0v) is 22.0. The van der Waals surface area contributed by atoms with Crippen LogP contribution in [0.3, 0.4) is 0 Å². The number of hydrogen-bond donors (Lipinski definition) is 0. The van der Waals surface area contributed by atoms with Crippen LogP contribution in [0.4, 0.5) is 0 Å². The Morgan fingerprint density at radius 3 is 1.00 bits per heavy atom. The molecule has 0 aromatic carbocycles. The third kappa shape index (κ3) is 13.6. The lowest BCUT2D eigenvalue weighted by atomic mass is 9.86. The third-order valence-corrected chi connectivity index (χ3v) is 5.57. The van der Waals surface area contributed by atoms with E-state index in [9.17, 15) is 0 Å². The van der Waals surface area contributed by atoms with Crippen molar-refractivity contribution in [2.24, 2.45) is 5.41 Å². The Balaban J connectivity index is 0.000000416. The van der Waals surface area contributed by atoms with Gasteiger partial charge in [0.15, 0.2) is 0 Å². The van der Waals surface area contributed by atoms with Gasteiger partial charge in [-0.25, -0.2) is 0 Å². The largest absolute Gasteiger partial charge is 0.454 e. The highest BCUT2D eigenvalue weighted by Gasteiger charge is 2.48. The molecule has 4 aliphatic rings. The Morgan fingerprint density at radius 2 is 0.818 bits per heavy atom. The molecule has 0 aromatic rings. The molecular formula is C21H48B4O8. The summed E-state index contributed by atoms with van der Waals surface area (Å²) in [5.41, 5.74) is -0.106. The first-order chi connectivity index (χ1) is 14.7. The SMILES string of the molecule is C.CB1OC(C)(C)C(C)(C)O1.CB1OCC(C)(C)CO1.CB1OCCCO1.CB1OCCO1. The van der Waals surface area contributed by atoms with E-state index < -0.39 is 0 Å². The van der Waals surface area contributed by atoms with E-state index in [-0.39, 0.29) is 52.5 Å². The molecule has 0 saturated carbocycles. The van der Waals surface area contributed by atoms with Gasteiger partial charge in [-0.3, -0.25) is 0 Å². The van der Waals surface area contributed by atoms with Gasteiger partial charge in [0.2, 0.25) is 0 Å². The lowest BCUT2D eigenvalue weighted by Gasteiger charge is -2.32. The minimum absolute atomic E-state index is 0. The molecular weight excluding hydrogens is 423 g/mol. The highest BCUT2D eigenvalue weighted by atomic mass is 16.7. The highest BCUT2D eigenvalue weighted by molar-refractivity contribution is 6.44. The maximum absolute atomic E-state index is 5.54. The Labute approximate surface area is 205 Å². The summed E-state index contributed by atoms with van der Waals surface area (Å²) in [5.74, 6) is 0. The van der Waals surface area contributed by atoms with Crippen LogP contribution >= 0.6 is 0 Å². The summed E-state index contributed by atoms with van der Waals surface area (Å²) in [7, 11) is 0.0155. The van der Waals surface area contributed by atoms with Gasteiger partial charge in [-0.15, -0.1) is 0 Å². The van der Waals surface area contributed by atoms with Crippen molar-refractivity contribution < 1.29 is 37.2 Å². The maximum atomic E-state index is 5.54. The average Bonchev–Trinajstić information content (AvgIpc) is 3.23. The maximum Gasteiger partial charge on any atom is 0.454 e. The van der Waals surface area contributed by atoms with Crippen molar-refractivity contribution in [2.75, 3.05) is 39.6 Å². The fourth-order valence-corrected chi connectivity index (χ4v) is 3.00. The summed E-state index contributed by atoms with van der Waals surface area (Å²) in [5, 5.41) is 0. The second-order valence-electron chi connectivity index (χ2n) is 10.1. The first kappa shape index (κ1) is 32.9. The summed E-state index contributed by atoms with van der Waals surface area (Å²) >= 11 is 0. The van der Waals surface area contributed by atoms with Crippen molar-refractivity contribution in [2.45, 2.75) is 93.9 Å². The lowest BCUT2D eigenvalue weighted by Crippen LogP contribution is -2.41. The minimum atomic E-state index is -0.160. The van der Waals surface area contributed by atoms with Crippen LogP contribution < -0.4 is 0 Å². The van der Waals surface area contributed by atoms with Gasteiger partial charge in [-0.1, -0.05) is 21.3 Å². The first-order valence-electron chi connectivity index (χ1n) is 11.8. The molecule has 0 unspecified atom stereocenters. The highest BCUT2D eigenvalue weighted by Crippen LogP contribution is 2.36. The van der Waals surface area contributed by atoms with Crippen LogP contribution in [-0.4, -0.2) is 79.3 Å². The van der Waals surface area contributed by atoms with Gasteiger partial charge in [0, 0.05) is 31.8 Å². The standard InChI is InChI=1S/C7H15BO2.C6H13BO2.C4H9BO2.C3H7BO2.CH4/c1-6(2)7(3,4)10-8(5)9-6;1-6(2)4-8-7(3)9-5-6;1-5-6-3-2-4-7-5;1-4-5-2-3-6-4;/h1-5H3;4-5H2,1-3H3;2-4H2,1H3;2-3H2,1H3;1H4. The van der Waals surface area contributed by atoms with Gasteiger partial charge in [0.25, 0.3) is 0 Å². The molecule has 4 aliphatic heterocycles. The molecule has 0 N–H and O–H groups in total. The van der Waals surface area contributed by atoms with E-state index in [4.69, 9.17) is 37.2 Å². The molecule has 0 atom stereocenters. The fraction of sp³-hybridized carbons (Fsp3) is 1.00. The molecule has 4 heterocycles. The minimum Gasteiger partial charge on any atom is -0.411 e. The van der Waals surface area contributed by atoms with Gasteiger partial charge in [-0.05, 0) is 61.4 Å². The van der Waals surface area contributed by atoms with Crippen molar-refractivity contribution >= 4 is 28.5 Å². The molecule has 8 nitrogen and oxygen atoms in total. The van der Waals surface area contributed by atoms with E-state index >= 15 is 0 Å². The van der Waals surface area contributed by atoms with Crippen LogP contribution in [0.5, 0.6) is 0 Å². The van der Waals surface area contributed by atoms with E-state index in [1.54, 1.807) is 0 Å². The molecule has 4 rings (SSSR count). The third-order valence-electron chi connectivity index (χ3n) is 5.57. The Kier molecular flexibility index (Phi) is 15.1. The molecule has 0 aliphatic carbocycles. The van der Waals surface area contributed by atoms with Crippen LogP contribution in [0.1, 0.15) is 55.4 Å². The summed E-state index contributed by atoms with van der Waals surface area (Å²) in [4.78, 5) is 0. The Bertz CT molecular complexity index is 486. The van der Waals surface area contributed by atoms with Gasteiger partial charge >= 0.3 is 28.5 Å². The molecule has 0 spiro atoms. The van der Waals surface area contributed by atoms with E-state index in [0.29, 0.717) is 0 Å². The first-order valence-corrected chi connectivity index (χ1v) is 11.8. The molecule has 0 radical (unpaired) electrons. The quantitative estimate of drug-likeness (QED) is 0.486. The monoisotopic (exact) mass is 472 g/mol. The molecule has 0 aromatic heterocycles. The topological polar surface area (TPSA) is 73.8 Å². The van der Waals surface area contributed by atoms with E-state index in [0.717, 1.165) is 46.1 Å². The summed E-state index contributed by atoms with van der Waals surface area (Å²) in [6, 6.07) is 0. The predicted octanol–water partition coefficient (Wildman–Crippen LogP) is 4.21. The summed E-state index contributed by atoms with van der Waals surface area (Å²) in [6.07, 6.45) is 1.05. The number of rotatable bonds is 0. The van der Waals surface area contributed by atoms with Gasteiger partial charge in [-0.2, -0.15) is 0 Å². The zero-order valence-electron chi connectivity index (χ0n) is 22.0. The Hall–Kier alpha value is -0.0603.